The molecule has 0 saturated carbocycles. The van der Waals surface area contributed by atoms with Crippen molar-refractivity contribution in [1.82, 2.24) is 0 Å². The lowest BCUT2D eigenvalue weighted by Crippen LogP contribution is -2.35. The maximum absolute atomic E-state index is 9.70. The Morgan fingerprint density at radius 1 is 1.36 bits per heavy atom. The van der Waals surface area contributed by atoms with Gasteiger partial charge in [0.15, 0.2) is 0 Å². The highest BCUT2D eigenvalue weighted by molar-refractivity contribution is 5.81. The molecule has 0 saturated heterocycles. The lowest BCUT2D eigenvalue weighted by molar-refractivity contribution is 0.308. The summed E-state index contributed by atoms with van der Waals surface area (Å²) in [5.74, 6) is 1.25. The summed E-state index contributed by atoms with van der Waals surface area (Å²) in [6.45, 7) is 2.40. The summed E-state index contributed by atoms with van der Waals surface area (Å²) in [7, 11) is 0. The first-order valence-electron chi connectivity index (χ1n) is 4.76. The van der Waals surface area contributed by atoms with E-state index < -0.39 is 0 Å². The van der Waals surface area contributed by atoms with Gasteiger partial charge in [-0.2, -0.15) is 0 Å². The van der Waals surface area contributed by atoms with Crippen molar-refractivity contribution >= 4 is 11.4 Å². The molecular formula is C11H11NO2. The van der Waals surface area contributed by atoms with E-state index in [9.17, 15) is 5.11 Å². The molecule has 2 aliphatic heterocycles. The minimum atomic E-state index is 0.364. The molecule has 72 valence electrons. The van der Waals surface area contributed by atoms with Crippen LogP contribution in [-0.4, -0.2) is 24.8 Å². The molecule has 14 heavy (non-hydrogen) atoms. The number of ether oxygens (including phenoxy) is 1. The maximum atomic E-state index is 9.70. The molecule has 3 nitrogen and oxygen atoms in total. The molecule has 0 amide bonds. The van der Waals surface area contributed by atoms with Crippen molar-refractivity contribution in [3.05, 3.63) is 29.8 Å². The van der Waals surface area contributed by atoms with E-state index in [0.29, 0.717) is 5.76 Å². The zero-order valence-corrected chi connectivity index (χ0v) is 7.73. The summed E-state index contributed by atoms with van der Waals surface area (Å²) in [4.78, 5) is 2.23. The predicted octanol–water partition coefficient (Wildman–Crippen LogP) is 1.80. The molecule has 3 rings (SSSR count). The number of hydrogen-bond donors (Lipinski definition) is 1. The molecule has 0 atom stereocenters. The molecule has 0 aliphatic carbocycles. The highest BCUT2D eigenvalue weighted by atomic mass is 16.5. The van der Waals surface area contributed by atoms with Gasteiger partial charge in [0.2, 0.25) is 0 Å². The Labute approximate surface area is 82.2 Å². The molecule has 1 N–H and O–H groups in total. The minimum absolute atomic E-state index is 0.364. The minimum Gasteiger partial charge on any atom is -0.508 e. The number of hydrogen-bond acceptors (Lipinski definition) is 3. The first kappa shape index (κ1) is 7.74. The van der Waals surface area contributed by atoms with E-state index in [0.717, 1.165) is 36.7 Å². The third-order valence-electron chi connectivity index (χ3n) is 2.71. The van der Waals surface area contributed by atoms with Gasteiger partial charge in [0, 0.05) is 12.1 Å². The van der Waals surface area contributed by atoms with Gasteiger partial charge in [-0.25, -0.2) is 0 Å². The van der Waals surface area contributed by atoms with Crippen LogP contribution in [-0.2, 0) is 0 Å². The second-order valence-corrected chi connectivity index (χ2v) is 3.54. The number of benzene rings is 1. The van der Waals surface area contributed by atoms with Crippen molar-refractivity contribution in [3.63, 3.8) is 0 Å². The van der Waals surface area contributed by atoms with Crippen LogP contribution in [0.4, 0.5) is 5.69 Å². The number of aliphatic hydroxyl groups excluding tert-OH is 1. The average molecular weight is 189 g/mol. The van der Waals surface area contributed by atoms with E-state index in [2.05, 4.69) is 4.90 Å². The molecule has 1 aromatic carbocycles. The van der Waals surface area contributed by atoms with Crippen LogP contribution < -0.4 is 9.64 Å². The Morgan fingerprint density at radius 2 is 2.29 bits per heavy atom. The van der Waals surface area contributed by atoms with E-state index in [1.54, 1.807) is 0 Å². The van der Waals surface area contributed by atoms with Crippen LogP contribution in [0, 0.1) is 0 Å². The smallest absolute Gasteiger partial charge is 0.143 e. The molecule has 0 aromatic heterocycles. The van der Waals surface area contributed by atoms with Gasteiger partial charge in [-0.1, -0.05) is 6.07 Å². The van der Waals surface area contributed by atoms with Gasteiger partial charge in [-0.15, -0.1) is 0 Å². The summed E-state index contributed by atoms with van der Waals surface area (Å²) >= 11 is 0. The summed E-state index contributed by atoms with van der Waals surface area (Å²) in [5.41, 5.74) is 1.92. The fourth-order valence-corrected chi connectivity index (χ4v) is 2.04. The molecule has 0 radical (unpaired) electrons. The number of rotatable bonds is 0. The van der Waals surface area contributed by atoms with Gasteiger partial charge in [0.1, 0.15) is 18.1 Å². The molecule has 1 aromatic rings. The van der Waals surface area contributed by atoms with Gasteiger partial charge in [0.25, 0.3) is 0 Å². The van der Waals surface area contributed by atoms with Crippen LogP contribution in [0.25, 0.3) is 5.76 Å². The Balaban J connectivity index is 2.25. The first-order valence-corrected chi connectivity index (χ1v) is 4.76. The standard InChI is InChI=1S/C11H11NO2/c13-9-4-5-12-6-7-14-10-3-1-2-8(9)11(10)12/h1-4,13H,5-7H2. The zero-order valence-electron chi connectivity index (χ0n) is 7.73. The zero-order chi connectivity index (χ0) is 9.54. The molecule has 0 unspecified atom stereocenters. The highest BCUT2D eigenvalue weighted by Crippen LogP contribution is 2.39. The van der Waals surface area contributed by atoms with E-state index in [-0.39, 0.29) is 0 Å². The SMILES string of the molecule is OC1=CCN2CCOc3cccc1c32. The lowest BCUT2D eigenvalue weighted by Gasteiger charge is -2.34. The Hall–Kier alpha value is -1.64. The highest BCUT2D eigenvalue weighted by Gasteiger charge is 2.25. The van der Waals surface area contributed by atoms with E-state index in [1.165, 1.54) is 0 Å². The van der Waals surface area contributed by atoms with Crippen molar-refractivity contribution < 1.29 is 9.84 Å². The van der Waals surface area contributed by atoms with Crippen LogP contribution in [0.1, 0.15) is 5.56 Å². The monoisotopic (exact) mass is 189 g/mol. The van der Waals surface area contributed by atoms with E-state index >= 15 is 0 Å². The molecule has 0 fully saturated rings. The molecule has 3 heteroatoms. The number of aliphatic hydroxyl groups is 1. The molecule has 0 bridgehead atoms. The summed E-state index contributed by atoms with van der Waals surface area (Å²) in [6, 6.07) is 5.78. The van der Waals surface area contributed by atoms with Crippen molar-refractivity contribution in [2.45, 2.75) is 0 Å². The second-order valence-electron chi connectivity index (χ2n) is 3.54. The van der Waals surface area contributed by atoms with E-state index in [4.69, 9.17) is 4.74 Å². The molecule has 2 heterocycles. The lowest BCUT2D eigenvalue weighted by atomic mass is 10.0. The fraction of sp³-hybridized carbons (Fsp3) is 0.273. The second kappa shape index (κ2) is 2.67. The number of anilines is 1. The van der Waals surface area contributed by atoms with Gasteiger partial charge >= 0.3 is 0 Å². The van der Waals surface area contributed by atoms with Gasteiger partial charge in [-0.3, -0.25) is 0 Å². The Morgan fingerprint density at radius 3 is 3.21 bits per heavy atom. The maximum Gasteiger partial charge on any atom is 0.143 e. The summed E-state index contributed by atoms with van der Waals surface area (Å²) in [6.07, 6.45) is 1.84. The van der Waals surface area contributed by atoms with Crippen LogP contribution in [0.3, 0.4) is 0 Å². The van der Waals surface area contributed by atoms with Crippen molar-refractivity contribution in [3.8, 4) is 5.75 Å². The first-order chi connectivity index (χ1) is 6.86. The van der Waals surface area contributed by atoms with Crippen molar-refractivity contribution in [2.75, 3.05) is 24.6 Å². The van der Waals surface area contributed by atoms with Crippen LogP contribution in [0.2, 0.25) is 0 Å². The number of nitrogens with zero attached hydrogens (tertiary/aromatic N) is 1. The van der Waals surface area contributed by atoms with Crippen LogP contribution in [0.15, 0.2) is 24.3 Å². The largest absolute Gasteiger partial charge is 0.508 e. The van der Waals surface area contributed by atoms with Gasteiger partial charge in [0.05, 0.1) is 12.2 Å². The average Bonchev–Trinajstić information content (AvgIpc) is 2.24. The normalized spacial score (nSPS) is 18.3. The number of para-hydroxylation sites is 1. The van der Waals surface area contributed by atoms with Crippen LogP contribution in [0.5, 0.6) is 5.75 Å². The molecule has 2 aliphatic rings. The Bertz CT molecular complexity index is 412. The molecular weight excluding hydrogens is 178 g/mol. The van der Waals surface area contributed by atoms with Crippen LogP contribution >= 0.6 is 0 Å². The van der Waals surface area contributed by atoms with Crippen molar-refractivity contribution in [2.24, 2.45) is 0 Å². The quantitative estimate of drug-likeness (QED) is 0.675. The van der Waals surface area contributed by atoms with Gasteiger partial charge in [-0.05, 0) is 18.2 Å². The fourth-order valence-electron chi connectivity index (χ4n) is 2.04. The topological polar surface area (TPSA) is 32.7 Å². The predicted molar refractivity (Wildman–Crippen MR) is 54.8 cm³/mol. The van der Waals surface area contributed by atoms with Gasteiger partial charge < -0.3 is 14.7 Å². The third-order valence-corrected chi connectivity index (χ3v) is 2.71. The van der Waals surface area contributed by atoms with E-state index in [1.807, 2.05) is 24.3 Å². The molecule has 0 spiro atoms. The Kier molecular flexibility index (Phi) is 1.48. The third kappa shape index (κ3) is 0.923. The summed E-state index contributed by atoms with van der Waals surface area (Å²) < 4.78 is 5.54. The summed E-state index contributed by atoms with van der Waals surface area (Å²) in [5, 5.41) is 9.70. The van der Waals surface area contributed by atoms with Crippen molar-refractivity contribution in [1.29, 1.82) is 0 Å².